The van der Waals surface area contributed by atoms with Gasteiger partial charge in [0.15, 0.2) is 11.5 Å². The molecule has 3 rings (SSSR count). The van der Waals surface area contributed by atoms with Gasteiger partial charge in [0.05, 0.1) is 12.3 Å². The molecule has 1 aliphatic rings. The fourth-order valence-corrected chi connectivity index (χ4v) is 2.14. The fraction of sp³-hybridized carbons (Fsp3) is 0.545. The molecule has 2 aromatic rings. The summed E-state index contributed by atoms with van der Waals surface area (Å²) >= 11 is 0. The van der Waals surface area contributed by atoms with Crippen molar-refractivity contribution in [2.24, 2.45) is 0 Å². The second kappa shape index (κ2) is 4.38. The van der Waals surface area contributed by atoms with Crippen LogP contribution in [0, 0.1) is 0 Å². The molecular formula is C11H14N4O2. The van der Waals surface area contributed by atoms with Crippen LogP contribution in [-0.2, 0) is 11.3 Å². The molecule has 1 aliphatic heterocycles. The van der Waals surface area contributed by atoms with Crippen LogP contribution in [0.1, 0.15) is 30.3 Å². The first-order valence-electron chi connectivity index (χ1n) is 5.78. The van der Waals surface area contributed by atoms with Crippen molar-refractivity contribution in [3.05, 3.63) is 23.7 Å². The van der Waals surface area contributed by atoms with Gasteiger partial charge in [-0.15, -0.1) is 10.2 Å². The molecule has 0 amide bonds. The van der Waals surface area contributed by atoms with Crippen LogP contribution in [0.25, 0.3) is 5.65 Å². The topological polar surface area (TPSA) is 72.5 Å². The first-order chi connectivity index (χ1) is 8.38. The zero-order valence-corrected chi connectivity index (χ0v) is 9.41. The van der Waals surface area contributed by atoms with Crippen LogP contribution < -0.4 is 0 Å². The van der Waals surface area contributed by atoms with E-state index in [1.807, 2.05) is 6.07 Å². The van der Waals surface area contributed by atoms with E-state index in [-0.39, 0.29) is 6.61 Å². The molecule has 6 nitrogen and oxygen atoms in total. The van der Waals surface area contributed by atoms with Crippen LogP contribution in [0.4, 0.5) is 0 Å². The first-order valence-corrected chi connectivity index (χ1v) is 5.78. The highest BCUT2D eigenvalue weighted by molar-refractivity contribution is 5.36. The number of aliphatic hydroxyl groups is 1. The molecular weight excluding hydrogens is 220 g/mol. The number of nitrogens with zero attached hydrogens (tertiary/aromatic N) is 4. The standard InChI is InChI=1S/C11H14N4O2/c16-7-9-1-2-10-12-13-11(15(10)14-9)8-3-5-17-6-4-8/h1-2,8,16H,3-7H2. The molecule has 90 valence electrons. The Hall–Kier alpha value is -1.53. The van der Waals surface area contributed by atoms with E-state index in [4.69, 9.17) is 9.84 Å². The van der Waals surface area contributed by atoms with Crippen LogP contribution in [0.5, 0.6) is 0 Å². The molecule has 2 aromatic heterocycles. The molecule has 0 aliphatic carbocycles. The normalized spacial score (nSPS) is 17.7. The molecule has 0 atom stereocenters. The van der Waals surface area contributed by atoms with Crippen molar-refractivity contribution in [2.75, 3.05) is 13.2 Å². The van der Waals surface area contributed by atoms with E-state index < -0.39 is 0 Å². The second-order valence-corrected chi connectivity index (χ2v) is 4.20. The van der Waals surface area contributed by atoms with E-state index in [0.29, 0.717) is 11.6 Å². The Kier molecular flexibility index (Phi) is 2.74. The highest BCUT2D eigenvalue weighted by Gasteiger charge is 2.21. The van der Waals surface area contributed by atoms with E-state index in [1.165, 1.54) is 0 Å². The monoisotopic (exact) mass is 234 g/mol. The van der Waals surface area contributed by atoms with Gasteiger partial charge in [0.25, 0.3) is 0 Å². The highest BCUT2D eigenvalue weighted by atomic mass is 16.5. The van der Waals surface area contributed by atoms with E-state index in [9.17, 15) is 0 Å². The molecule has 0 saturated carbocycles. The average molecular weight is 234 g/mol. The quantitative estimate of drug-likeness (QED) is 0.819. The van der Waals surface area contributed by atoms with Crippen LogP contribution in [0.15, 0.2) is 12.1 Å². The number of ether oxygens (including phenoxy) is 1. The molecule has 0 unspecified atom stereocenters. The minimum absolute atomic E-state index is 0.0681. The third kappa shape index (κ3) is 1.89. The summed E-state index contributed by atoms with van der Waals surface area (Å²) in [5.41, 5.74) is 1.36. The minimum atomic E-state index is -0.0681. The minimum Gasteiger partial charge on any atom is -0.390 e. The summed E-state index contributed by atoms with van der Waals surface area (Å²) in [5, 5.41) is 21.7. The van der Waals surface area contributed by atoms with Gasteiger partial charge in [-0.1, -0.05) is 0 Å². The first kappa shape index (κ1) is 10.6. The average Bonchev–Trinajstić information content (AvgIpc) is 2.82. The Labute approximate surface area is 98.2 Å². The number of fused-ring (bicyclic) bond motifs is 1. The molecule has 0 bridgehead atoms. The highest BCUT2D eigenvalue weighted by Crippen LogP contribution is 2.25. The van der Waals surface area contributed by atoms with Crippen LogP contribution in [-0.4, -0.2) is 38.1 Å². The van der Waals surface area contributed by atoms with Gasteiger partial charge in [-0.05, 0) is 25.0 Å². The van der Waals surface area contributed by atoms with Crippen LogP contribution >= 0.6 is 0 Å². The maximum Gasteiger partial charge on any atom is 0.177 e. The van der Waals surface area contributed by atoms with E-state index >= 15 is 0 Å². The lowest BCUT2D eigenvalue weighted by molar-refractivity contribution is 0.0831. The Morgan fingerprint density at radius 2 is 2.12 bits per heavy atom. The smallest absolute Gasteiger partial charge is 0.177 e. The predicted molar refractivity (Wildman–Crippen MR) is 59.5 cm³/mol. The van der Waals surface area contributed by atoms with Gasteiger partial charge in [-0.3, -0.25) is 0 Å². The Balaban J connectivity index is 2.02. The molecule has 1 N–H and O–H groups in total. The lowest BCUT2D eigenvalue weighted by Gasteiger charge is -2.19. The predicted octanol–water partition coefficient (Wildman–Crippen LogP) is 0.511. The van der Waals surface area contributed by atoms with Gasteiger partial charge in [0, 0.05) is 19.1 Å². The zero-order chi connectivity index (χ0) is 11.7. The Morgan fingerprint density at radius 1 is 1.29 bits per heavy atom. The Bertz CT molecular complexity index is 519. The van der Waals surface area contributed by atoms with Crippen molar-refractivity contribution in [3.63, 3.8) is 0 Å². The van der Waals surface area contributed by atoms with E-state index in [0.717, 1.165) is 37.5 Å². The lowest BCUT2D eigenvalue weighted by Crippen LogP contribution is -2.17. The third-order valence-electron chi connectivity index (χ3n) is 3.09. The molecule has 6 heteroatoms. The summed E-state index contributed by atoms with van der Waals surface area (Å²) in [6.07, 6.45) is 1.90. The zero-order valence-electron chi connectivity index (χ0n) is 9.41. The summed E-state index contributed by atoms with van der Waals surface area (Å²) < 4.78 is 7.07. The van der Waals surface area contributed by atoms with Crippen molar-refractivity contribution in [1.29, 1.82) is 0 Å². The number of hydrogen-bond acceptors (Lipinski definition) is 5. The molecule has 0 aromatic carbocycles. The summed E-state index contributed by atoms with van der Waals surface area (Å²) in [4.78, 5) is 0. The molecule has 0 radical (unpaired) electrons. The van der Waals surface area contributed by atoms with Gasteiger partial charge < -0.3 is 9.84 Å². The maximum atomic E-state index is 9.10. The third-order valence-corrected chi connectivity index (χ3v) is 3.09. The summed E-state index contributed by atoms with van der Waals surface area (Å²) in [6, 6.07) is 3.59. The van der Waals surface area contributed by atoms with Crippen molar-refractivity contribution in [3.8, 4) is 0 Å². The number of aromatic nitrogens is 4. The summed E-state index contributed by atoms with van der Waals surface area (Å²) in [6.45, 7) is 1.46. The molecule has 17 heavy (non-hydrogen) atoms. The maximum absolute atomic E-state index is 9.10. The van der Waals surface area contributed by atoms with Gasteiger partial charge in [-0.25, -0.2) is 0 Å². The lowest BCUT2D eigenvalue weighted by atomic mass is 10.00. The molecule has 3 heterocycles. The number of rotatable bonds is 2. The fourth-order valence-electron chi connectivity index (χ4n) is 2.14. The van der Waals surface area contributed by atoms with Crippen molar-refractivity contribution in [2.45, 2.75) is 25.4 Å². The second-order valence-electron chi connectivity index (χ2n) is 4.20. The summed E-state index contributed by atoms with van der Waals surface area (Å²) in [7, 11) is 0. The molecule has 0 spiro atoms. The van der Waals surface area contributed by atoms with Crippen LogP contribution in [0.2, 0.25) is 0 Å². The largest absolute Gasteiger partial charge is 0.390 e. The summed E-state index contributed by atoms with van der Waals surface area (Å²) in [5.74, 6) is 1.22. The SMILES string of the molecule is OCc1ccc2nnc(C3CCOCC3)n2n1. The van der Waals surface area contributed by atoms with Gasteiger partial charge in [0.2, 0.25) is 0 Å². The van der Waals surface area contributed by atoms with Crippen molar-refractivity contribution < 1.29 is 9.84 Å². The van der Waals surface area contributed by atoms with Crippen molar-refractivity contribution >= 4 is 5.65 Å². The molecule has 1 fully saturated rings. The van der Waals surface area contributed by atoms with Crippen molar-refractivity contribution in [1.82, 2.24) is 19.8 Å². The molecule has 1 saturated heterocycles. The van der Waals surface area contributed by atoms with Gasteiger partial charge in [-0.2, -0.15) is 9.61 Å². The van der Waals surface area contributed by atoms with Crippen LogP contribution in [0.3, 0.4) is 0 Å². The number of hydrogen-bond donors (Lipinski definition) is 1. The van der Waals surface area contributed by atoms with Gasteiger partial charge in [0.1, 0.15) is 0 Å². The number of aliphatic hydroxyl groups excluding tert-OH is 1. The van der Waals surface area contributed by atoms with Gasteiger partial charge >= 0.3 is 0 Å². The van der Waals surface area contributed by atoms with E-state index in [1.54, 1.807) is 10.6 Å². The Morgan fingerprint density at radius 3 is 2.88 bits per heavy atom. The van der Waals surface area contributed by atoms with E-state index in [2.05, 4.69) is 15.3 Å².